The van der Waals surface area contributed by atoms with E-state index in [4.69, 9.17) is 0 Å². The number of nitrogens with one attached hydrogen (secondary N) is 1. The fraction of sp³-hybridized carbons (Fsp3) is 0.769. The predicted octanol–water partition coefficient (Wildman–Crippen LogP) is 0.822. The van der Waals surface area contributed by atoms with Crippen molar-refractivity contribution in [3.05, 3.63) is 17.5 Å². The lowest BCUT2D eigenvalue weighted by Gasteiger charge is -2.25. The van der Waals surface area contributed by atoms with Gasteiger partial charge < -0.3 is 5.32 Å². The molecule has 1 aliphatic heterocycles. The van der Waals surface area contributed by atoms with E-state index in [1.807, 2.05) is 17.9 Å². The molecule has 2 unspecified atom stereocenters. The van der Waals surface area contributed by atoms with E-state index >= 15 is 0 Å². The summed E-state index contributed by atoms with van der Waals surface area (Å²) in [7, 11) is -0.770. The Morgan fingerprint density at radius 2 is 2.32 bits per heavy atom. The van der Waals surface area contributed by atoms with Gasteiger partial charge in [0.25, 0.3) is 0 Å². The van der Waals surface area contributed by atoms with Crippen LogP contribution >= 0.6 is 0 Å². The highest BCUT2D eigenvalue weighted by atomic mass is 32.2. The van der Waals surface area contributed by atoms with Gasteiger partial charge in [-0.05, 0) is 38.1 Å². The number of aromatic nitrogens is 2. The normalized spacial score (nSPS) is 29.3. The summed E-state index contributed by atoms with van der Waals surface area (Å²) >= 11 is 0. The molecule has 106 valence electrons. The number of fused-ring (bicyclic) bond motifs is 1. The molecule has 1 N–H and O–H groups in total. The number of hydrogen-bond donors (Lipinski definition) is 1. The zero-order valence-corrected chi connectivity index (χ0v) is 12.1. The van der Waals surface area contributed by atoms with Crippen molar-refractivity contribution in [2.24, 2.45) is 13.0 Å². The summed E-state index contributed by atoms with van der Waals surface area (Å²) < 4.78 is 24.9. The first-order valence-electron chi connectivity index (χ1n) is 7.00. The largest absolute Gasteiger partial charge is 0.310 e. The first-order chi connectivity index (χ1) is 9.05. The molecule has 2 atom stereocenters. The van der Waals surface area contributed by atoms with E-state index in [1.165, 1.54) is 17.7 Å². The van der Waals surface area contributed by atoms with Crippen molar-refractivity contribution in [3.8, 4) is 0 Å². The molecular weight excluding hydrogens is 262 g/mol. The zero-order chi connectivity index (χ0) is 13.5. The van der Waals surface area contributed by atoms with Crippen molar-refractivity contribution in [2.75, 3.05) is 18.1 Å². The summed E-state index contributed by atoms with van der Waals surface area (Å²) in [5.41, 5.74) is 2.62. The number of hydrogen-bond acceptors (Lipinski definition) is 4. The molecule has 3 rings (SSSR count). The number of sulfone groups is 1. The fourth-order valence-corrected chi connectivity index (χ4v) is 5.12. The van der Waals surface area contributed by atoms with Gasteiger partial charge in [-0.3, -0.25) is 4.68 Å². The Morgan fingerprint density at radius 1 is 1.47 bits per heavy atom. The van der Waals surface area contributed by atoms with Crippen molar-refractivity contribution in [3.63, 3.8) is 0 Å². The Bertz CT molecular complexity index is 564. The average molecular weight is 283 g/mol. The summed E-state index contributed by atoms with van der Waals surface area (Å²) in [5, 5.41) is 7.89. The zero-order valence-electron chi connectivity index (χ0n) is 11.3. The van der Waals surface area contributed by atoms with Crippen LogP contribution in [0.2, 0.25) is 0 Å². The van der Waals surface area contributed by atoms with Crippen LogP contribution in [0.5, 0.6) is 0 Å². The molecule has 1 aromatic rings. The highest BCUT2D eigenvalue weighted by Crippen LogP contribution is 2.29. The van der Waals surface area contributed by atoms with E-state index in [9.17, 15) is 8.42 Å². The van der Waals surface area contributed by atoms with Crippen LogP contribution in [0, 0.1) is 5.92 Å². The predicted molar refractivity (Wildman–Crippen MR) is 73.7 cm³/mol. The maximum Gasteiger partial charge on any atom is 0.150 e. The molecule has 0 amide bonds. The quantitative estimate of drug-likeness (QED) is 0.892. The van der Waals surface area contributed by atoms with Crippen molar-refractivity contribution in [1.82, 2.24) is 15.1 Å². The average Bonchev–Trinajstić information content (AvgIpc) is 2.91. The van der Waals surface area contributed by atoms with Crippen LogP contribution in [0.4, 0.5) is 0 Å². The summed E-state index contributed by atoms with van der Waals surface area (Å²) in [6, 6.07) is 0.348. The van der Waals surface area contributed by atoms with Gasteiger partial charge in [-0.15, -0.1) is 0 Å². The lowest BCUT2D eigenvalue weighted by Crippen LogP contribution is -2.30. The summed E-state index contributed by atoms with van der Waals surface area (Å²) in [6.45, 7) is 0.804. The second kappa shape index (κ2) is 4.90. The van der Waals surface area contributed by atoms with E-state index in [2.05, 4.69) is 10.4 Å². The van der Waals surface area contributed by atoms with Crippen LogP contribution in [-0.4, -0.2) is 36.2 Å². The van der Waals surface area contributed by atoms with E-state index in [0.29, 0.717) is 17.5 Å². The van der Waals surface area contributed by atoms with Crippen molar-refractivity contribution >= 4 is 9.84 Å². The number of aryl methyl sites for hydroxylation is 1. The Morgan fingerprint density at radius 3 is 3.05 bits per heavy atom. The molecule has 1 fully saturated rings. The molecule has 1 aliphatic carbocycles. The highest BCUT2D eigenvalue weighted by Gasteiger charge is 2.29. The highest BCUT2D eigenvalue weighted by molar-refractivity contribution is 7.91. The molecule has 1 saturated heterocycles. The van der Waals surface area contributed by atoms with Gasteiger partial charge in [0, 0.05) is 24.3 Å². The third-order valence-corrected chi connectivity index (χ3v) is 6.19. The Kier molecular flexibility index (Phi) is 3.39. The molecule has 2 heterocycles. The summed E-state index contributed by atoms with van der Waals surface area (Å²) in [5.74, 6) is 1.00. The van der Waals surface area contributed by atoms with E-state index in [-0.39, 0.29) is 5.92 Å². The van der Waals surface area contributed by atoms with E-state index in [1.54, 1.807) is 0 Å². The van der Waals surface area contributed by atoms with Gasteiger partial charge in [-0.1, -0.05) is 0 Å². The molecule has 5 nitrogen and oxygen atoms in total. The van der Waals surface area contributed by atoms with Crippen molar-refractivity contribution < 1.29 is 8.42 Å². The third-order valence-electron chi connectivity index (χ3n) is 4.36. The van der Waals surface area contributed by atoms with Crippen LogP contribution in [0.15, 0.2) is 6.20 Å². The molecule has 2 aliphatic rings. The van der Waals surface area contributed by atoms with Crippen LogP contribution in [0.25, 0.3) is 0 Å². The van der Waals surface area contributed by atoms with Crippen molar-refractivity contribution in [1.29, 1.82) is 0 Å². The second-order valence-electron chi connectivity index (χ2n) is 5.79. The number of nitrogens with zero attached hydrogens (tertiary/aromatic N) is 2. The van der Waals surface area contributed by atoms with E-state index < -0.39 is 9.84 Å². The maximum absolute atomic E-state index is 11.5. The smallest absolute Gasteiger partial charge is 0.150 e. The van der Waals surface area contributed by atoms with Crippen LogP contribution in [0.3, 0.4) is 0 Å². The molecule has 0 radical (unpaired) electrons. The molecule has 6 heteroatoms. The topological polar surface area (TPSA) is 64.0 Å². The van der Waals surface area contributed by atoms with Crippen molar-refractivity contribution in [2.45, 2.75) is 31.7 Å². The van der Waals surface area contributed by atoms with Gasteiger partial charge in [-0.25, -0.2) is 8.42 Å². The minimum Gasteiger partial charge on any atom is -0.310 e. The van der Waals surface area contributed by atoms with E-state index in [0.717, 1.165) is 25.8 Å². The SMILES string of the molecule is Cn1ncc2c1CCCC2NCC1CCS(=O)(=O)C1. The minimum absolute atomic E-state index is 0.284. The molecule has 1 aromatic heterocycles. The Labute approximate surface area is 114 Å². The number of rotatable bonds is 3. The first-order valence-corrected chi connectivity index (χ1v) is 8.82. The van der Waals surface area contributed by atoms with Crippen LogP contribution < -0.4 is 5.32 Å². The Balaban J connectivity index is 1.63. The molecule has 0 aromatic carbocycles. The van der Waals surface area contributed by atoms with Crippen LogP contribution in [0.1, 0.15) is 36.6 Å². The Hall–Kier alpha value is -0.880. The lowest BCUT2D eigenvalue weighted by molar-refractivity contribution is 0.413. The van der Waals surface area contributed by atoms with Crippen LogP contribution in [-0.2, 0) is 23.3 Å². The van der Waals surface area contributed by atoms with Gasteiger partial charge in [-0.2, -0.15) is 5.10 Å². The van der Waals surface area contributed by atoms with Gasteiger partial charge >= 0.3 is 0 Å². The summed E-state index contributed by atoms with van der Waals surface area (Å²) in [6.07, 6.45) is 6.16. The molecule has 19 heavy (non-hydrogen) atoms. The maximum atomic E-state index is 11.5. The van der Waals surface area contributed by atoms with Gasteiger partial charge in [0.2, 0.25) is 0 Å². The second-order valence-corrected chi connectivity index (χ2v) is 8.02. The first kappa shape index (κ1) is 13.1. The monoisotopic (exact) mass is 283 g/mol. The molecule has 0 spiro atoms. The minimum atomic E-state index is -2.76. The molecule has 0 bridgehead atoms. The van der Waals surface area contributed by atoms with Gasteiger partial charge in [0.1, 0.15) is 0 Å². The lowest BCUT2D eigenvalue weighted by atomic mass is 9.92. The molecule has 0 saturated carbocycles. The third kappa shape index (κ3) is 2.69. The summed E-state index contributed by atoms with van der Waals surface area (Å²) in [4.78, 5) is 0. The van der Waals surface area contributed by atoms with Gasteiger partial charge in [0.15, 0.2) is 9.84 Å². The standard InChI is InChI=1S/C13H21N3O2S/c1-16-13-4-2-3-12(11(13)8-15-16)14-7-10-5-6-19(17,18)9-10/h8,10,12,14H,2-7,9H2,1H3. The fourth-order valence-electron chi connectivity index (χ4n) is 3.26. The van der Waals surface area contributed by atoms with Gasteiger partial charge in [0.05, 0.1) is 17.7 Å². The molecular formula is C13H21N3O2S.